The van der Waals surface area contributed by atoms with E-state index in [2.05, 4.69) is 41.5 Å². The molecule has 3 aliphatic rings. The Labute approximate surface area is 243 Å². The van der Waals surface area contributed by atoms with Crippen molar-refractivity contribution in [2.45, 2.75) is 101 Å². The fraction of sp³-hybridized carbons (Fsp3) is 0.562. The molecule has 1 aromatic carbocycles. The lowest BCUT2D eigenvalue weighted by Gasteiger charge is -2.39. The molecule has 6 rings (SSSR count). The zero-order valence-electron chi connectivity index (χ0n) is 23.7. The van der Waals surface area contributed by atoms with Gasteiger partial charge in [-0.3, -0.25) is 18.7 Å². The van der Waals surface area contributed by atoms with E-state index in [0.29, 0.717) is 25.7 Å². The van der Waals surface area contributed by atoms with E-state index in [1.807, 2.05) is 11.8 Å². The van der Waals surface area contributed by atoms with Crippen LogP contribution in [0, 0.1) is 12.7 Å². The number of carbonyl (C=O) groups excluding carboxylic acids is 1. The minimum absolute atomic E-state index is 0.00383. The van der Waals surface area contributed by atoms with Crippen LogP contribution in [0.1, 0.15) is 93.8 Å². The number of halogens is 1. The molecular weight excluding hydrogens is 539 g/mol. The molecule has 218 valence electrons. The number of fused-ring (bicyclic) bond motifs is 1. The van der Waals surface area contributed by atoms with Gasteiger partial charge in [-0.05, 0) is 81.4 Å². The molecular formula is C32H39FN4O3S. The number of hydrogen-bond donors (Lipinski definition) is 1. The first-order chi connectivity index (χ1) is 19.9. The maximum atomic E-state index is 14.2. The van der Waals surface area contributed by atoms with Crippen molar-refractivity contribution in [2.24, 2.45) is 0 Å². The molecule has 3 fully saturated rings. The third kappa shape index (κ3) is 5.38. The Balaban J connectivity index is 1.24. The summed E-state index contributed by atoms with van der Waals surface area (Å²) in [7, 11) is 0. The van der Waals surface area contributed by atoms with Crippen molar-refractivity contribution < 1.29 is 9.18 Å². The van der Waals surface area contributed by atoms with Gasteiger partial charge in [-0.2, -0.15) is 11.8 Å². The number of benzene rings is 1. The smallest absolute Gasteiger partial charge is 0.333 e. The van der Waals surface area contributed by atoms with E-state index >= 15 is 0 Å². The summed E-state index contributed by atoms with van der Waals surface area (Å²) in [5.74, 6) is 1.40. The van der Waals surface area contributed by atoms with Crippen LogP contribution in [0.4, 0.5) is 4.39 Å². The van der Waals surface area contributed by atoms with Crippen LogP contribution >= 0.6 is 11.8 Å². The number of carbonyl (C=O) groups is 1. The molecule has 2 saturated carbocycles. The first-order valence-electron chi connectivity index (χ1n) is 15.2. The number of nitrogens with zero attached hydrogens (tertiary/aromatic N) is 3. The van der Waals surface area contributed by atoms with Crippen LogP contribution in [0.25, 0.3) is 11.0 Å². The highest BCUT2D eigenvalue weighted by molar-refractivity contribution is 7.99. The maximum absolute atomic E-state index is 14.2. The fourth-order valence-corrected chi connectivity index (χ4v) is 8.36. The van der Waals surface area contributed by atoms with Crippen LogP contribution in [0.15, 0.2) is 46.1 Å². The molecule has 7 nitrogen and oxygen atoms in total. The average molecular weight is 579 g/mol. The molecule has 1 aliphatic heterocycles. The minimum atomic E-state index is -0.581. The lowest BCUT2D eigenvalue weighted by molar-refractivity contribution is -0.129. The van der Waals surface area contributed by atoms with Crippen molar-refractivity contribution in [3.63, 3.8) is 0 Å². The summed E-state index contributed by atoms with van der Waals surface area (Å²) in [6.07, 6.45) is 10.3. The van der Waals surface area contributed by atoms with Crippen molar-refractivity contribution in [1.29, 1.82) is 0 Å². The third-order valence-corrected chi connectivity index (χ3v) is 10.7. The van der Waals surface area contributed by atoms with Gasteiger partial charge in [0.15, 0.2) is 0 Å². The van der Waals surface area contributed by atoms with E-state index in [1.165, 1.54) is 16.2 Å². The molecule has 9 heteroatoms. The number of nitrogens with one attached hydrogen (secondary N) is 1. The van der Waals surface area contributed by atoms with Gasteiger partial charge < -0.3 is 5.32 Å². The second-order valence-corrected chi connectivity index (χ2v) is 13.4. The van der Waals surface area contributed by atoms with E-state index in [0.717, 1.165) is 68.2 Å². The highest BCUT2D eigenvalue weighted by Gasteiger charge is 2.42. The highest BCUT2D eigenvalue weighted by Crippen LogP contribution is 2.40. The molecule has 1 N–H and O–H groups in total. The second-order valence-electron chi connectivity index (χ2n) is 12.2. The van der Waals surface area contributed by atoms with Gasteiger partial charge in [0.05, 0.1) is 17.0 Å². The standard InChI is InChI=1S/C32H39FN4O3S/c1-21-5-7-22(8-6-21)32(15-3-2-4-16-32)30(39)35-24-9-11-25(12-10-24)37-29(38)27-19-23(33)20-34-28(27)36(31(37)40)26-13-17-41-18-14-26/h5-8,19-20,24-26H,2-4,9-18H2,1H3,(H,35,39). The predicted molar refractivity (Wildman–Crippen MR) is 161 cm³/mol. The van der Waals surface area contributed by atoms with Gasteiger partial charge in [0.2, 0.25) is 5.91 Å². The lowest BCUT2D eigenvalue weighted by Crippen LogP contribution is -2.51. The van der Waals surface area contributed by atoms with Gasteiger partial charge >= 0.3 is 5.69 Å². The summed E-state index contributed by atoms with van der Waals surface area (Å²) in [4.78, 5) is 45.6. The fourth-order valence-electron chi connectivity index (χ4n) is 7.28. The summed E-state index contributed by atoms with van der Waals surface area (Å²) in [6, 6.07) is 9.26. The average Bonchev–Trinajstić information content (AvgIpc) is 2.99. The maximum Gasteiger partial charge on any atom is 0.333 e. The second kappa shape index (κ2) is 11.7. The summed E-state index contributed by atoms with van der Waals surface area (Å²) < 4.78 is 17.2. The Morgan fingerprint density at radius 1 is 0.951 bits per heavy atom. The van der Waals surface area contributed by atoms with Crippen molar-refractivity contribution in [1.82, 2.24) is 19.4 Å². The first kappa shape index (κ1) is 28.2. The van der Waals surface area contributed by atoms with Crippen LogP contribution in [-0.2, 0) is 10.2 Å². The Bertz CT molecular complexity index is 1530. The number of rotatable bonds is 5. The van der Waals surface area contributed by atoms with Crippen LogP contribution in [0.5, 0.6) is 0 Å². The van der Waals surface area contributed by atoms with Gasteiger partial charge in [0.1, 0.15) is 11.5 Å². The zero-order chi connectivity index (χ0) is 28.6. The van der Waals surface area contributed by atoms with Crippen LogP contribution in [-0.4, -0.2) is 37.6 Å². The molecule has 0 radical (unpaired) electrons. The van der Waals surface area contributed by atoms with Crippen molar-refractivity contribution in [3.8, 4) is 0 Å². The summed E-state index contributed by atoms with van der Waals surface area (Å²) in [5, 5.41) is 3.53. The Morgan fingerprint density at radius 2 is 1.61 bits per heavy atom. The van der Waals surface area contributed by atoms with Gasteiger partial charge in [-0.1, -0.05) is 49.1 Å². The van der Waals surface area contributed by atoms with Gasteiger partial charge in [0, 0.05) is 18.1 Å². The molecule has 2 aliphatic carbocycles. The number of aryl methyl sites for hydroxylation is 1. The van der Waals surface area contributed by atoms with E-state index < -0.39 is 16.8 Å². The number of thioether (sulfide) groups is 1. The Kier molecular flexibility index (Phi) is 8.07. The molecule has 1 saturated heterocycles. The number of pyridine rings is 1. The van der Waals surface area contributed by atoms with E-state index in [9.17, 15) is 18.8 Å². The van der Waals surface area contributed by atoms with Crippen molar-refractivity contribution in [3.05, 3.63) is 74.3 Å². The monoisotopic (exact) mass is 578 g/mol. The van der Waals surface area contributed by atoms with Crippen LogP contribution in [0.3, 0.4) is 0 Å². The topological polar surface area (TPSA) is 86.0 Å². The molecule has 0 bridgehead atoms. The number of aromatic nitrogens is 3. The van der Waals surface area contributed by atoms with Crippen LogP contribution in [0.2, 0.25) is 0 Å². The Hall–Kier alpha value is -2.94. The van der Waals surface area contributed by atoms with Gasteiger partial charge in [0.25, 0.3) is 5.56 Å². The molecule has 1 amide bonds. The van der Waals surface area contributed by atoms with E-state index in [4.69, 9.17) is 0 Å². The number of amides is 1. The van der Waals surface area contributed by atoms with Crippen molar-refractivity contribution in [2.75, 3.05) is 11.5 Å². The molecule has 41 heavy (non-hydrogen) atoms. The molecule has 0 spiro atoms. The predicted octanol–water partition coefficient (Wildman–Crippen LogP) is 5.58. The molecule has 0 unspecified atom stereocenters. The highest BCUT2D eigenvalue weighted by atomic mass is 32.2. The lowest BCUT2D eigenvalue weighted by atomic mass is 9.68. The molecule has 3 aromatic rings. The summed E-state index contributed by atoms with van der Waals surface area (Å²) in [5.41, 5.74) is 1.25. The van der Waals surface area contributed by atoms with Crippen LogP contribution < -0.4 is 16.6 Å². The largest absolute Gasteiger partial charge is 0.353 e. The zero-order valence-corrected chi connectivity index (χ0v) is 24.6. The third-order valence-electron chi connectivity index (χ3n) is 9.62. The van der Waals surface area contributed by atoms with E-state index in [1.54, 1.807) is 4.57 Å². The van der Waals surface area contributed by atoms with Gasteiger partial charge in [-0.15, -0.1) is 0 Å². The van der Waals surface area contributed by atoms with Crippen molar-refractivity contribution >= 4 is 28.7 Å². The van der Waals surface area contributed by atoms with Gasteiger partial charge in [-0.25, -0.2) is 14.2 Å². The summed E-state index contributed by atoms with van der Waals surface area (Å²) >= 11 is 1.86. The Morgan fingerprint density at radius 3 is 2.29 bits per heavy atom. The van der Waals surface area contributed by atoms with E-state index in [-0.39, 0.29) is 40.8 Å². The molecule has 0 atom stereocenters. The molecule has 3 heterocycles. The quantitative estimate of drug-likeness (QED) is 0.428. The first-order valence-corrected chi connectivity index (χ1v) is 16.3. The normalized spacial score (nSPS) is 23.4. The minimum Gasteiger partial charge on any atom is -0.353 e. The summed E-state index contributed by atoms with van der Waals surface area (Å²) in [6.45, 7) is 2.06. The number of hydrogen-bond acceptors (Lipinski definition) is 5. The SMILES string of the molecule is Cc1ccc(C2(C(=O)NC3CCC(n4c(=O)c5cc(F)cnc5n(C5CCSCC5)c4=O)CC3)CCCCC2)cc1. The molecule has 2 aromatic heterocycles.